The van der Waals surface area contributed by atoms with Crippen molar-refractivity contribution in [2.75, 3.05) is 6.61 Å². The van der Waals surface area contributed by atoms with E-state index >= 15 is 0 Å². The Morgan fingerprint density at radius 3 is 2.54 bits per heavy atom. The highest BCUT2D eigenvalue weighted by Gasteiger charge is 2.19. The van der Waals surface area contributed by atoms with Crippen LogP contribution in [0.25, 0.3) is 0 Å². The predicted molar refractivity (Wildman–Crippen MR) is 48.7 cm³/mol. The average Bonchev–Trinajstić information content (AvgIpc) is 2.00. The van der Waals surface area contributed by atoms with E-state index in [9.17, 15) is 13.2 Å². The Kier molecular flexibility index (Phi) is 4.64. The summed E-state index contributed by atoms with van der Waals surface area (Å²) in [5.41, 5.74) is -0.722. The van der Waals surface area contributed by atoms with Gasteiger partial charge in [-0.2, -0.15) is 0 Å². The Hall–Kier alpha value is -0.880. The third-order valence-electron chi connectivity index (χ3n) is 1.18. The minimum atomic E-state index is -2.87. The van der Waals surface area contributed by atoms with Gasteiger partial charge in [0.15, 0.2) is 0 Å². The Morgan fingerprint density at radius 1 is 1.62 bits per heavy atom. The summed E-state index contributed by atoms with van der Waals surface area (Å²) in [7, 11) is -2.87. The monoisotopic (exact) mass is 207 g/mol. The molecular weight excluding hydrogens is 194 g/mol. The summed E-state index contributed by atoms with van der Waals surface area (Å²) in [4.78, 5) is 10.8. The number of amides is 1. The lowest BCUT2D eigenvalue weighted by molar-refractivity contribution is -0.118. The number of nitrogens with one attached hydrogen (secondary N) is 1. The number of hydrogen-bond acceptors (Lipinski definition) is 4. The van der Waals surface area contributed by atoms with E-state index in [1.165, 1.54) is 0 Å². The van der Waals surface area contributed by atoms with Crippen LogP contribution in [0.4, 0.5) is 0 Å². The Labute approximate surface area is 78.9 Å². The Morgan fingerprint density at radius 2 is 2.15 bits per heavy atom. The molecule has 5 nitrogen and oxygen atoms in total. The van der Waals surface area contributed by atoms with E-state index < -0.39 is 16.5 Å². The van der Waals surface area contributed by atoms with Crippen molar-refractivity contribution in [2.45, 2.75) is 19.4 Å². The standard InChI is InChI=1S/C7H13NO4S/c1-4-6(9)8-7(2,3)5-12-13(10)11/h4,13H,1,5H2,2-3H3,(H,8,9). The molecule has 76 valence electrons. The van der Waals surface area contributed by atoms with Crippen LogP contribution in [0.1, 0.15) is 13.8 Å². The fourth-order valence-corrected chi connectivity index (χ4v) is 1.06. The number of carbonyl (C=O) groups excluding carboxylic acids is 1. The van der Waals surface area contributed by atoms with Gasteiger partial charge in [-0.3, -0.25) is 8.98 Å². The van der Waals surface area contributed by atoms with Crippen molar-refractivity contribution in [2.24, 2.45) is 0 Å². The maximum absolute atomic E-state index is 10.8. The van der Waals surface area contributed by atoms with E-state index in [1.54, 1.807) is 13.8 Å². The molecule has 0 spiro atoms. The van der Waals surface area contributed by atoms with Gasteiger partial charge >= 0.3 is 0 Å². The SMILES string of the molecule is C=CC(=O)NC(C)(C)CO[SH](=O)=O. The normalized spacial score (nSPS) is 11.3. The molecule has 0 aromatic rings. The minimum absolute atomic E-state index is 0.0920. The number of carbonyl (C=O) groups is 1. The highest BCUT2D eigenvalue weighted by atomic mass is 32.2. The van der Waals surface area contributed by atoms with Crippen molar-refractivity contribution < 1.29 is 17.4 Å². The summed E-state index contributed by atoms with van der Waals surface area (Å²) in [6.07, 6.45) is 1.11. The van der Waals surface area contributed by atoms with E-state index in [1.807, 2.05) is 0 Å². The average molecular weight is 207 g/mol. The van der Waals surface area contributed by atoms with Gasteiger partial charge in [0.2, 0.25) is 5.91 Å². The molecule has 6 heteroatoms. The first-order chi connectivity index (χ1) is 5.87. The molecule has 0 aliphatic heterocycles. The van der Waals surface area contributed by atoms with Gasteiger partial charge in [0, 0.05) is 0 Å². The van der Waals surface area contributed by atoms with Crippen LogP contribution in [0.5, 0.6) is 0 Å². The van der Waals surface area contributed by atoms with Gasteiger partial charge in [0.05, 0.1) is 12.1 Å². The fourth-order valence-electron chi connectivity index (χ4n) is 0.635. The molecule has 0 aliphatic rings. The fraction of sp³-hybridized carbons (Fsp3) is 0.571. The summed E-state index contributed by atoms with van der Waals surface area (Å²) >= 11 is 0. The van der Waals surface area contributed by atoms with Crippen LogP contribution in [-0.4, -0.2) is 26.5 Å². The van der Waals surface area contributed by atoms with Gasteiger partial charge in [0.25, 0.3) is 11.0 Å². The van der Waals surface area contributed by atoms with Crippen LogP contribution in [0.15, 0.2) is 12.7 Å². The molecule has 0 radical (unpaired) electrons. The van der Waals surface area contributed by atoms with Gasteiger partial charge in [-0.1, -0.05) is 6.58 Å². The number of hydrogen-bond donors (Lipinski definition) is 2. The smallest absolute Gasteiger partial charge is 0.257 e. The molecular formula is C7H13NO4S. The molecule has 0 atom stereocenters. The zero-order valence-corrected chi connectivity index (χ0v) is 8.47. The van der Waals surface area contributed by atoms with Crippen molar-refractivity contribution in [3.8, 4) is 0 Å². The molecule has 0 saturated carbocycles. The molecule has 0 aromatic heterocycles. The van der Waals surface area contributed by atoms with E-state index in [0.717, 1.165) is 6.08 Å². The van der Waals surface area contributed by atoms with Crippen LogP contribution < -0.4 is 5.32 Å². The summed E-state index contributed by atoms with van der Waals surface area (Å²) in [6, 6.07) is 0. The molecule has 0 bridgehead atoms. The van der Waals surface area contributed by atoms with E-state index in [-0.39, 0.29) is 12.5 Å². The van der Waals surface area contributed by atoms with Crippen molar-refractivity contribution in [1.29, 1.82) is 0 Å². The molecule has 1 amide bonds. The van der Waals surface area contributed by atoms with Crippen molar-refractivity contribution >= 4 is 16.9 Å². The largest absolute Gasteiger partial charge is 0.345 e. The maximum Gasteiger partial charge on any atom is 0.257 e. The molecule has 1 N–H and O–H groups in total. The lowest BCUT2D eigenvalue weighted by Crippen LogP contribution is -2.46. The van der Waals surface area contributed by atoms with Crippen molar-refractivity contribution in [3.63, 3.8) is 0 Å². The van der Waals surface area contributed by atoms with Gasteiger partial charge in [-0.15, -0.1) is 0 Å². The second-order valence-corrected chi connectivity index (χ2v) is 3.78. The van der Waals surface area contributed by atoms with Gasteiger partial charge in [-0.05, 0) is 19.9 Å². The molecule has 0 rings (SSSR count). The molecule has 13 heavy (non-hydrogen) atoms. The van der Waals surface area contributed by atoms with Gasteiger partial charge < -0.3 is 5.32 Å². The Balaban J connectivity index is 4.07. The first-order valence-corrected chi connectivity index (χ1v) is 4.69. The van der Waals surface area contributed by atoms with Crippen molar-refractivity contribution in [1.82, 2.24) is 5.32 Å². The van der Waals surface area contributed by atoms with Crippen molar-refractivity contribution in [3.05, 3.63) is 12.7 Å². The lowest BCUT2D eigenvalue weighted by Gasteiger charge is -2.23. The van der Waals surface area contributed by atoms with Gasteiger partial charge in [-0.25, -0.2) is 8.42 Å². The Bertz CT molecular complexity index is 262. The minimum Gasteiger partial charge on any atom is -0.345 e. The first-order valence-electron chi connectivity index (χ1n) is 3.59. The third-order valence-corrected chi connectivity index (χ3v) is 1.52. The molecule has 0 heterocycles. The zero-order chi connectivity index (χ0) is 10.5. The summed E-state index contributed by atoms with van der Waals surface area (Å²) in [5, 5.41) is 2.51. The lowest BCUT2D eigenvalue weighted by atomic mass is 10.1. The van der Waals surface area contributed by atoms with E-state index in [0.29, 0.717) is 0 Å². The summed E-state index contributed by atoms with van der Waals surface area (Å²) in [6.45, 7) is 6.47. The van der Waals surface area contributed by atoms with Crippen LogP contribution in [0.3, 0.4) is 0 Å². The molecule has 0 saturated heterocycles. The molecule has 0 fully saturated rings. The maximum atomic E-state index is 10.8. The number of thiol groups is 1. The summed E-state index contributed by atoms with van der Waals surface area (Å²) in [5.74, 6) is -0.366. The van der Waals surface area contributed by atoms with Gasteiger partial charge in [0.1, 0.15) is 0 Å². The third kappa shape index (κ3) is 6.30. The van der Waals surface area contributed by atoms with Crippen LogP contribution in [0, 0.1) is 0 Å². The second kappa shape index (κ2) is 4.98. The van der Waals surface area contributed by atoms with E-state index in [4.69, 9.17) is 0 Å². The highest BCUT2D eigenvalue weighted by Crippen LogP contribution is 2.02. The van der Waals surface area contributed by atoms with E-state index in [2.05, 4.69) is 16.1 Å². The number of rotatable bonds is 5. The topological polar surface area (TPSA) is 72.5 Å². The predicted octanol–water partition coefficient (Wildman–Crippen LogP) is -0.390. The van der Waals surface area contributed by atoms with Crippen LogP contribution in [0.2, 0.25) is 0 Å². The van der Waals surface area contributed by atoms with Crippen LogP contribution in [-0.2, 0) is 20.0 Å². The molecule has 0 unspecified atom stereocenters. The first kappa shape index (κ1) is 12.1. The highest BCUT2D eigenvalue weighted by molar-refractivity contribution is 7.67. The zero-order valence-electron chi connectivity index (χ0n) is 7.57. The van der Waals surface area contributed by atoms with Crippen LogP contribution >= 0.6 is 0 Å². The quantitative estimate of drug-likeness (QED) is 0.476. The molecule has 0 aliphatic carbocycles. The second-order valence-electron chi connectivity index (χ2n) is 3.07. The molecule has 0 aromatic carbocycles. The summed E-state index contributed by atoms with van der Waals surface area (Å²) < 4.78 is 24.5.